The zero-order valence-electron chi connectivity index (χ0n) is 16.4. The number of hydrogen-bond acceptors (Lipinski definition) is 4. The molecule has 3 heterocycles. The molecule has 2 aromatic carbocycles. The Morgan fingerprint density at radius 1 is 1.07 bits per heavy atom. The standard InChI is InChI=1S/C23H22FN3O3/c24-16-7-5-15(6-8-16)11-21-18(17-3-1-2-4-20(17)30-21)13-26-9-10-27-19(14-26)23(29)25-12-22(27)28/h1-8,19H,9-14H2,(H,25,29). The maximum absolute atomic E-state index is 13.3. The molecule has 154 valence electrons. The van der Waals surface area contributed by atoms with Crippen LogP contribution < -0.4 is 5.32 Å². The average molecular weight is 407 g/mol. The first-order chi connectivity index (χ1) is 14.6. The van der Waals surface area contributed by atoms with E-state index in [1.807, 2.05) is 24.3 Å². The van der Waals surface area contributed by atoms with E-state index >= 15 is 0 Å². The summed E-state index contributed by atoms with van der Waals surface area (Å²) < 4.78 is 19.4. The maximum atomic E-state index is 13.3. The number of nitrogens with one attached hydrogen (secondary N) is 1. The average Bonchev–Trinajstić information content (AvgIpc) is 3.09. The molecule has 1 atom stereocenters. The van der Waals surface area contributed by atoms with E-state index in [-0.39, 0.29) is 24.2 Å². The molecule has 0 saturated carbocycles. The molecule has 2 aliphatic rings. The number of carbonyl (C=O) groups excluding carboxylic acids is 2. The second-order valence-electron chi connectivity index (χ2n) is 7.86. The maximum Gasteiger partial charge on any atom is 0.244 e. The van der Waals surface area contributed by atoms with Crippen molar-refractivity contribution in [3.8, 4) is 0 Å². The van der Waals surface area contributed by atoms with Gasteiger partial charge in [-0.25, -0.2) is 4.39 Å². The SMILES string of the molecule is O=C1NCC(=O)N2CCN(Cc3c(Cc4ccc(F)cc4)oc4ccccc34)CC12. The van der Waals surface area contributed by atoms with Crippen molar-refractivity contribution in [2.75, 3.05) is 26.2 Å². The lowest BCUT2D eigenvalue weighted by Gasteiger charge is -2.42. The molecule has 2 aliphatic heterocycles. The van der Waals surface area contributed by atoms with E-state index in [0.29, 0.717) is 32.6 Å². The molecule has 1 aromatic heterocycles. The molecule has 2 amide bonds. The molecule has 0 aliphatic carbocycles. The van der Waals surface area contributed by atoms with Gasteiger partial charge in [-0.15, -0.1) is 0 Å². The first kappa shape index (κ1) is 18.8. The lowest BCUT2D eigenvalue weighted by atomic mass is 10.0. The second-order valence-corrected chi connectivity index (χ2v) is 7.86. The smallest absolute Gasteiger partial charge is 0.244 e. The van der Waals surface area contributed by atoms with Crippen molar-refractivity contribution in [2.45, 2.75) is 19.0 Å². The van der Waals surface area contributed by atoms with E-state index in [4.69, 9.17) is 4.42 Å². The lowest BCUT2D eigenvalue weighted by Crippen LogP contribution is -2.65. The molecular formula is C23H22FN3O3. The number of hydrogen-bond donors (Lipinski definition) is 1. The molecule has 1 N–H and O–H groups in total. The van der Waals surface area contributed by atoms with Gasteiger partial charge in [0.05, 0.1) is 6.54 Å². The third kappa shape index (κ3) is 3.45. The Morgan fingerprint density at radius 3 is 2.70 bits per heavy atom. The number of carbonyl (C=O) groups is 2. The highest BCUT2D eigenvalue weighted by Gasteiger charge is 2.38. The molecule has 1 unspecified atom stereocenters. The molecule has 5 rings (SSSR count). The topological polar surface area (TPSA) is 65.8 Å². The van der Waals surface area contributed by atoms with Crippen molar-refractivity contribution >= 4 is 22.8 Å². The van der Waals surface area contributed by atoms with Crippen LogP contribution in [0, 0.1) is 5.82 Å². The summed E-state index contributed by atoms with van der Waals surface area (Å²) in [6, 6.07) is 13.9. The van der Waals surface area contributed by atoms with Crippen LogP contribution in [-0.2, 0) is 22.6 Å². The van der Waals surface area contributed by atoms with Gasteiger partial charge < -0.3 is 14.6 Å². The predicted molar refractivity (Wildman–Crippen MR) is 109 cm³/mol. The summed E-state index contributed by atoms with van der Waals surface area (Å²) in [5.74, 6) is 0.462. The number of rotatable bonds is 4. The van der Waals surface area contributed by atoms with Gasteiger partial charge >= 0.3 is 0 Å². The van der Waals surface area contributed by atoms with Crippen LogP contribution in [0.2, 0.25) is 0 Å². The molecule has 2 saturated heterocycles. The lowest BCUT2D eigenvalue weighted by molar-refractivity contribution is -0.149. The van der Waals surface area contributed by atoms with Gasteiger partial charge in [0.1, 0.15) is 23.2 Å². The third-order valence-corrected chi connectivity index (χ3v) is 5.94. The van der Waals surface area contributed by atoms with Crippen LogP contribution in [-0.4, -0.2) is 53.8 Å². The van der Waals surface area contributed by atoms with Gasteiger partial charge in [-0.1, -0.05) is 30.3 Å². The number of nitrogens with zero attached hydrogens (tertiary/aromatic N) is 2. The number of piperazine rings is 2. The van der Waals surface area contributed by atoms with Crippen LogP contribution in [0.25, 0.3) is 11.0 Å². The van der Waals surface area contributed by atoms with Crippen molar-refractivity contribution < 1.29 is 18.4 Å². The minimum Gasteiger partial charge on any atom is -0.460 e. The highest BCUT2D eigenvalue weighted by atomic mass is 19.1. The fourth-order valence-electron chi connectivity index (χ4n) is 4.36. The van der Waals surface area contributed by atoms with E-state index in [9.17, 15) is 14.0 Å². The van der Waals surface area contributed by atoms with E-state index in [0.717, 1.165) is 27.9 Å². The minimum atomic E-state index is -0.446. The highest BCUT2D eigenvalue weighted by molar-refractivity contribution is 5.95. The van der Waals surface area contributed by atoms with Crippen molar-refractivity contribution in [3.05, 3.63) is 71.2 Å². The number of amides is 2. The molecule has 0 spiro atoms. The quantitative estimate of drug-likeness (QED) is 0.721. The first-order valence-corrected chi connectivity index (χ1v) is 10.1. The molecular weight excluding hydrogens is 385 g/mol. The summed E-state index contributed by atoms with van der Waals surface area (Å²) in [6.45, 7) is 2.45. The number of halogens is 1. The highest BCUT2D eigenvalue weighted by Crippen LogP contribution is 2.30. The van der Waals surface area contributed by atoms with E-state index in [2.05, 4.69) is 10.2 Å². The first-order valence-electron chi connectivity index (χ1n) is 10.1. The minimum absolute atomic E-state index is 0.0231. The number of furan rings is 1. The largest absolute Gasteiger partial charge is 0.460 e. The number of benzene rings is 2. The van der Waals surface area contributed by atoms with Gasteiger partial charge in [0, 0.05) is 43.5 Å². The van der Waals surface area contributed by atoms with E-state index in [1.165, 1.54) is 12.1 Å². The Kier molecular flexibility index (Phi) is 4.75. The van der Waals surface area contributed by atoms with Gasteiger partial charge in [-0.3, -0.25) is 14.5 Å². The molecule has 7 heteroatoms. The summed E-state index contributed by atoms with van der Waals surface area (Å²) in [7, 11) is 0. The third-order valence-electron chi connectivity index (χ3n) is 5.94. The summed E-state index contributed by atoms with van der Waals surface area (Å²) in [5.41, 5.74) is 2.86. The van der Waals surface area contributed by atoms with Crippen molar-refractivity contribution in [1.82, 2.24) is 15.1 Å². The van der Waals surface area contributed by atoms with Crippen LogP contribution in [0.3, 0.4) is 0 Å². The second kappa shape index (κ2) is 7.57. The summed E-state index contributed by atoms with van der Waals surface area (Å²) in [4.78, 5) is 28.3. The Labute approximate surface area is 173 Å². The van der Waals surface area contributed by atoms with Gasteiger partial charge in [0.25, 0.3) is 0 Å². The summed E-state index contributed by atoms with van der Waals surface area (Å²) >= 11 is 0. The monoisotopic (exact) mass is 407 g/mol. The van der Waals surface area contributed by atoms with Crippen molar-refractivity contribution in [3.63, 3.8) is 0 Å². The fraction of sp³-hybridized carbons (Fsp3) is 0.304. The normalized spacial score (nSPS) is 19.8. The zero-order valence-corrected chi connectivity index (χ0v) is 16.4. The Balaban J connectivity index is 1.43. The fourth-order valence-corrected chi connectivity index (χ4v) is 4.36. The van der Waals surface area contributed by atoms with E-state index in [1.54, 1.807) is 17.0 Å². The van der Waals surface area contributed by atoms with Gasteiger partial charge in [-0.05, 0) is 23.8 Å². The number of fused-ring (bicyclic) bond motifs is 2. The molecule has 0 bridgehead atoms. The van der Waals surface area contributed by atoms with Crippen LogP contribution in [0.15, 0.2) is 52.9 Å². The van der Waals surface area contributed by atoms with Gasteiger partial charge in [0.2, 0.25) is 11.8 Å². The van der Waals surface area contributed by atoms with Crippen LogP contribution in [0.4, 0.5) is 4.39 Å². The predicted octanol–water partition coefficient (Wildman–Crippen LogP) is 2.31. The van der Waals surface area contributed by atoms with Gasteiger partial charge in [-0.2, -0.15) is 0 Å². The molecule has 30 heavy (non-hydrogen) atoms. The summed E-state index contributed by atoms with van der Waals surface area (Å²) in [5, 5.41) is 3.73. The molecule has 6 nitrogen and oxygen atoms in total. The van der Waals surface area contributed by atoms with Crippen LogP contribution >= 0.6 is 0 Å². The molecule has 2 fully saturated rings. The van der Waals surface area contributed by atoms with Crippen molar-refractivity contribution in [2.24, 2.45) is 0 Å². The Bertz CT molecular complexity index is 1110. The number of para-hydroxylation sites is 1. The zero-order chi connectivity index (χ0) is 20.7. The van der Waals surface area contributed by atoms with Crippen LogP contribution in [0.5, 0.6) is 0 Å². The molecule has 0 radical (unpaired) electrons. The molecule has 3 aromatic rings. The Morgan fingerprint density at radius 2 is 1.87 bits per heavy atom. The summed E-state index contributed by atoms with van der Waals surface area (Å²) in [6.07, 6.45) is 0.562. The van der Waals surface area contributed by atoms with E-state index < -0.39 is 6.04 Å². The Hall–Kier alpha value is -3.19. The van der Waals surface area contributed by atoms with Crippen LogP contribution in [0.1, 0.15) is 16.9 Å². The van der Waals surface area contributed by atoms with Crippen molar-refractivity contribution in [1.29, 1.82) is 0 Å². The van der Waals surface area contributed by atoms with Gasteiger partial charge in [0.15, 0.2) is 0 Å².